The van der Waals surface area contributed by atoms with Gasteiger partial charge in [-0.2, -0.15) is 0 Å². The second-order valence-electron chi connectivity index (χ2n) is 5.74. The van der Waals surface area contributed by atoms with E-state index in [1.54, 1.807) is 0 Å². The topological polar surface area (TPSA) is 21.3 Å². The summed E-state index contributed by atoms with van der Waals surface area (Å²) >= 11 is 0. The Bertz CT molecular complexity index is 440. The van der Waals surface area contributed by atoms with Gasteiger partial charge in [0.1, 0.15) is 11.4 Å². The van der Waals surface area contributed by atoms with Gasteiger partial charge < -0.3 is 10.1 Å². The summed E-state index contributed by atoms with van der Waals surface area (Å²) in [5.74, 6) is 1.82. The van der Waals surface area contributed by atoms with Crippen molar-refractivity contribution >= 4 is 0 Å². The maximum atomic E-state index is 6.45. The highest BCUT2D eigenvalue weighted by Crippen LogP contribution is 2.53. The minimum atomic E-state index is 0.155. The zero-order chi connectivity index (χ0) is 11.3. The van der Waals surface area contributed by atoms with Crippen LogP contribution in [0.25, 0.3) is 0 Å². The first-order chi connectivity index (χ1) is 8.39. The first kappa shape index (κ1) is 9.95. The van der Waals surface area contributed by atoms with Crippen LogP contribution in [0.4, 0.5) is 0 Å². The third-order valence-corrected chi connectivity index (χ3v) is 4.92. The van der Waals surface area contributed by atoms with Gasteiger partial charge in [0.25, 0.3) is 0 Å². The van der Waals surface area contributed by atoms with Gasteiger partial charge in [0.2, 0.25) is 0 Å². The largest absolute Gasteiger partial charge is 0.487 e. The number of para-hydroxylation sites is 1. The van der Waals surface area contributed by atoms with E-state index in [1.165, 1.54) is 37.7 Å². The maximum Gasteiger partial charge on any atom is 0.124 e. The Morgan fingerprint density at radius 3 is 3.12 bits per heavy atom. The summed E-state index contributed by atoms with van der Waals surface area (Å²) in [4.78, 5) is 0. The molecule has 3 atom stereocenters. The number of benzene rings is 1. The molecule has 3 aliphatic rings. The summed E-state index contributed by atoms with van der Waals surface area (Å²) in [5.41, 5.74) is 1.54. The standard InChI is InChI=1S/C15H19NO/c1-2-7-13-11(5-1)14-12-6-3-4-8-15(12,17-13)9-10-16-14/h1-2,5,7,12,14,16H,3-4,6,8-10H2/t12-,14-,15+/m1/s1. The molecule has 0 unspecified atom stereocenters. The lowest BCUT2D eigenvalue weighted by Crippen LogP contribution is -2.59. The van der Waals surface area contributed by atoms with E-state index in [0.29, 0.717) is 12.0 Å². The SMILES string of the molecule is c1ccc2c(c1)O[C@]13CCCC[C@@H]1[C@@H]2NCC3. The number of ether oxygens (including phenoxy) is 1. The van der Waals surface area contributed by atoms with Crippen LogP contribution in [0.1, 0.15) is 43.7 Å². The highest BCUT2D eigenvalue weighted by atomic mass is 16.5. The molecule has 0 aromatic heterocycles. The smallest absolute Gasteiger partial charge is 0.124 e. The van der Waals surface area contributed by atoms with Crippen LogP contribution in [-0.2, 0) is 0 Å². The van der Waals surface area contributed by atoms with Crippen molar-refractivity contribution in [3.8, 4) is 5.75 Å². The Labute approximate surface area is 102 Å². The van der Waals surface area contributed by atoms with E-state index in [4.69, 9.17) is 4.74 Å². The third-order valence-electron chi connectivity index (χ3n) is 4.92. The van der Waals surface area contributed by atoms with Crippen LogP contribution < -0.4 is 10.1 Å². The van der Waals surface area contributed by atoms with E-state index >= 15 is 0 Å². The molecule has 17 heavy (non-hydrogen) atoms. The zero-order valence-electron chi connectivity index (χ0n) is 10.1. The molecule has 1 saturated carbocycles. The van der Waals surface area contributed by atoms with Crippen LogP contribution in [0.15, 0.2) is 24.3 Å². The quantitative estimate of drug-likeness (QED) is 0.738. The fourth-order valence-corrected chi connectivity index (χ4v) is 4.15. The van der Waals surface area contributed by atoms with E-state index in [0.717, 1.165) is 12.3 Å². The van der Waals surface area contributed by atoms with Gasteiger partial charge in [0.05, 0.1) is 0 Å². The first-order valence-electron chi connectivity index (χ1n) is 6.90. The Morgan fingerprint density at radius 1 is 1.18 bits per heavy atom. The first-order valence-corrected chi connectivity index (χ1v) is 6.90. The van der Waals surface area contributed by atoms with Gasteiger partial charge in [0.15, 0.2) is 0 Å². The summed E-state index contributed by atoms with van der Waals surface area (Å²) in [6.07, 6.45) is 6.47. The monoisotopic (exact) mass is 229 g/mol. The fourth-order valence-electron chi connectivity index (χ4n) is 4.15. The molecule has 2 nitrogen and oxygen atoms in total. The highest BCUT2D eigenvalue weighted by molar-refractivity contribution is 5.40. The molecule has 2 aliphatic heterocycles. The molecule has 1 N–H and O–H groups in total. The van der Waals surface area contributed by atoms with Crippen molar-refractivity contribution in [2.24, 2.45) is 5.92 Å². The molecule has 4 rings (SSSR count). The van der Waals surface area contributed by atoms with Gasteiger partial charge in [-0.05, 0) is 38.3 Å². The summed E-state index contributed by atoms with van der Waals surface area (Å²) in [6, 6.07) is 9.13. The highest BCUT2D eigenvalue weighted by Gasteiger charge is 2.52. The second kappa shape index (κ2) is 3.49. The van der Waals surface area contributed by atoms with Crippen molar-refractivity contribution < 1.29 is 4.74 Å². The lowest BCUT2D eigenvalue weighted by Gasteiger charge is -2.54. The van der Waals surface area contributed by atoms with Crippen LogP contribution in [0, 0.1) is 5.92 Å². The van der Waals surface area contributed by atoms with Gasteiger partial charge in [-0.1, -0.05) is 24.6 Å². The predicted octanol–water partition coefficient (Wildman–Crippen LogP) is 3.04. The average Bonchev–Trinajstić information content (AvgIpc) is 2.38. The number of hydrogen-bond acceptors (Lipinski definition) is 2. The van der Waals surface area contributed by atoms with Crippen molar-refractivity contribution in [1.82, 2.24) is 5.32 Å². The Hall–Kier alpha value is -1.02. The Balaban J connectivity index is 1.85. The number of rotatable bonds is 0. The van der Waals surface area contributed by atoms with E-state index in [-0.39, 0.29) is 5.60 Å². The summed E-state index contributed by atoms with van der Waals surface area (Å²) in [7, 11) is 0. The third kappa shape index (κ3) is 1.30. The maximum absolute atomic E-state index is 6.45. The molecule has 90 valence electrons. The number of fused-ring (bicyclic) bond motifs is 2. The molecule has 1 aromatic carbocycles. The molecular weight excluding hydrogens is 210 g/mol. The molecule has 1 aromatic rings. The molecule has 0 spiro atoms. The predicted molar refractivity (Wildman–Crippen MR) is 67.1 cm³/mol. The zero-order valence-corrected chi connectivity index (χ0v) is 10.1. The second-order valence-corrected chi connectivity index (χ2v) is 5.74. The summed E-state index contributed by atoms with van der Waals surface area (Å²) in [6.45, 7) is 1.11. The van der Waals surface area contributed by atoms with Crippen LogP contribution in [0.3, 0.4) is 0 Å². The van der Waals surface area contributed by atoms with E-state index in [9.17, 15) is 0 Å². The van der Waals surface area contributed by atoms with Gasteiger partial charge in [-0.3, -0.25) is 0 Å². The normalized spacial score (nSPS) is 38.8. The molecule has 1 saturated heterocycles. The van der Waals surface area contributed by atoms with Gasteiger partial charge in [0, 0.05) is 17.5 Å². The summed E-state index contributed by atoms with van der Waals surface area (Å²) in [5, 5.41) is 3.72. The van der Waals surface area contributed by atoms with Crippen LogP contribution >= 0.6 is 0 Å². The molecule has 2 fully saturated rings. The van der Waals surface area contributed by atoms with E-state index < -0.39 is 0 Å². The lowest BCUT2D eigenvalue weighted by molar-refractivity contribution is -0.0817. The van der Waals surface area contributed by atoms with E-state index in [2.05, 4.69) is 29.6 Å². The molecule has 0 amide bonds. The van der Waals surface area contributed by atoms with Crippen molar-refractivity contribution in [3.05, 3.63) is 29.8 Å². The number of nitrogens with one attached hydrogen (secondary N) is 1. The molecular formula is C15H19NO. The molecule has 0 radical (unpaired) electrons. The van der Waals surface area contributed by atoms with Crippen LogP contribution in [0.2, 0.25) is 0 Å². The molecule has 2 heteroatoms. The average molecular weight is 229 g/mol. The Kier molecular flexibility index (Phi) is 2.04. The molecule has 1 aliphatic carbocycles. The number of piperidine rings is 1. The summed E-state index contributed by atoms with van der Waals surface area (Å²) < 4.78 is 6.45. The number of hydrogen-bond donors (Lipinski definition) is 1. The minimum absolute atomic E-state index is 0.155. The molecule has 2 bridgehead atoms. The van der Waals surface area contributed by atoms with Gasteiger partial charge in [-0.25, -0.2) is 0 Å². The van der Waals surface area contributed by atoms with Crippen LogP contribution in [-0.4, -0.2) is 12.1 Å². The van der Waals surface area contributed by atoms with E-state index in [1.807, 2.05) is 0 Å². The van der Waals surface area contributed by atoms with Crippen molar-refractivity contribution in [2.45, 2.75) is 43.7 Å². The van der Waals surface area contributed by atoms with Gasteiger partial charge >= 0.3 is 0 Å². The fraction of sp³-hybridized carbons (Fsp3) is 0.600. The Morgan fingerprint density at radius 2 is 2.12 bits per heavy atom. The molecule has 2 heterocycles. The lowest BCUT2D eigenvalue weighted by atomic mass is 9.65. The van der Waals surface area contributed by atoms with Crippen molar-refractivity contribution in [2.75, 3.05) is 6.54 Å². The van der Waals surface area contributed by atoms with Gasteiger partial charge in [-0.15, -0.1) is 0 Å². The van der Waals surface area contributed by atoms with Crippen LogP contribution in [0.5, 0.6) is 5.75 Å². The van der Waals surface area contributed by atoms with Crippen molar-refractivity contribution in [3.63, 3.8) is 0 Å². The van der Waals surface area contributed by atoms with Crippen molar-refractivity contribution in [1.29, 1.82) is 0 Å². The minimum Gasteiger partial charge on any atom is -0.487 e.